The van der Waals surface area contributed by atoms with Crippen molar-refractivity contribution in [3.8, 4) is 0 Å². The second kappa shape index (κ2) is 16.4. The fourth-order valence-corrected chi connectivity index (χ4v) is 8.38. The standard InChI is InChI=1S/C41H49ClN6O3/c1-2-37-43-21-24-45(37)22-10-23-47(28-30-11-5-3-6-12-30)40(49)36-29-46(25-26-48(36)41(50)51-34-14-7-4-8-15-34)39-35-19-18-33(42)27-32(35)17-16-31-13-9-20-44-38(31)39/h3,5-6,9,11-13,18-21,24,27,34,36,39H,2,4,7-8,10,14-17,22-23,25-26,28-29H2,1H3/t36-,39+/m1/s1. The average molecular weight is 709 g/mol. The molecule has 2 atom stereocenters. The first-order valence-electron chi connectivity index (χ1n) is 18.7. The van der Waals surface area contributed by atoms with Gasteiger partial charge in [0, 0.05) is 69.3 Å². The number of aryl methyl sites for hydroxylation is 4. The van der Waals surface area contributed by atoms with Crippen molar-refractivity contribution in [3.63, 3.8) is 0 Å². The van der Waals surface area contributed by atoms with Crippen LogP contribution in [0.5, 0.6) is 0 Å². The molecule has 2 amide bonds. The van der Waals surface area contributed by atoms with E-state index >= 15 is 4.79 Å². The molecule has 7 rings (SSSR count). The Hall–Kier alpha value is -4.21. The summed E-state index contributed by atoms with van der Waals surface area (Å²) in [5.41, 5.74) is 5.63. The second-order valence-electron chi connectivity index (χ2n) is 14.1. The summed E-state index contributed by atoms with van der Waals surface area (Å²) in [6, 6.07) is 19.5. The van der Waals surface area contributed by atoms with Crippen LogP contribution in [0.1, 0.15) is 85.3 Å². The number of imidazole rings is 1. The maximum atomic E-state index is 15.1. The molecule has 0 N–H and O–H groups in total. The van der Waals surface area contributed by atoms with Gasteiger partial charge in [0.1, 0.15) is 18.0 Å². The van der Waals surface area contributed by atoms with Crippen LogP contribution in [0.15, 0.2) is 79.3 Å². The van der Waals surface area contributed by atoms with Gasteiger partial charge in [-0.15, -0.1) is 0 Å². The van der Waals surface area contributed by atoms with Crippen LogP contribution in [0.2, 0.25) is 5.02 Å². The minimum atomic E-state index is -0.718. The van der Waals surface area contributed by atoms with Crippen molar-refractivity contribution in [1.29, 1.82) is 0 Å². The van der Waals surface area contributed by atoms with Crippen LogP contribution < -0.4 is 0 Å². The molecule has 10 heteroatoms. The number of nitrogens with zero attached hydrogens (tertiary/aromatic N) is 6. The maximum Gasteiger partial charge on any atom is 0.410 e. The summed E-state index contributed by atoms with van der Waals surface area (Å²) in [6.45, 7) is 5.22. The number of benzene rings is 2. The second-order valence-corrected chi connectivity index (χ2v) is 14.6. The van der Waals surface area contributed by atoms with Gasteiger partial charge < -0.3 is 14.2 Å². The van der Waals surface area contributed by atoms with Crippen LogP contribution in [-0.2, 0) is 41.9 Å². The van der Waals surface area contributed by atoms with Gasteiger partial charge >= 0.3 is 6.09 Å². The van der Waals surface area contributed by atoms with Gasteiger partial charge in [-0.25, -0.2) is 9.78 Å². The zero-order chi connectivity index (χ0) is 35.2. The highest BCUT2D eigenvalue weighted by Gasteiger charge is 2.42. The highest BCUT2D eigenvalue weighted by Crippen LogP contribution is 2.38. The number of ether oxygens (including phenoxy) is 1. The van der Waals surface area contributed by atoms with E-state index in [9.17, 15) is 4.79 Å². The number of hydrogen-bond acceptors (Lipinski definition) is 6. The lowest BCUT2D eigenvalue weighted by Crippen LogP contribution is -2.62. The predicted octanol–water partition coefficient (Wildman–Crippen LogP) is 7.26. The number of hydrogen-bond donors (Lipinski definition) is 0. The average Bonchev–Trinajstić information content (AvgIpc) is 3.56. The van der Waals surface area contributed by atoms with E-state index < -0.39 is 6.04 Å². The normalized spacial score (nSPS) is 19.5. The Kier molecular flexibility index (Phi) is 11.3. The summed E-state index contributed by atoms with van der Waals surface area (Å²) < 4.78 is 8.32. The molecule has 9 nitrogen and oxygen atoms in total. The van der Waals surface area contributed by atoms with Crippen molar-refractivity contribution in [1.82, 2.24) is 29.2 Å². The summed E-state index contributed by atoms with van der Waals surface area (Å²) in [7, 11) is 0. The molecule has 2 aliphatic carbocycles. The zero-order valence-electron chi connectivity index (χ0n) is 29.6. The van der Waals surface area contributed by atoms with Gasteiger partial charge in [-0.05, 0) is 85.4 Å². The van der Waals surface area contributed by atoms with Crippen molar-refractivity contribution in [2.45, 2.75) is 96.0 Å². The molecule has 2 fully saturated rings. The topological polar surface area (TPSA) is 83.8 Å². The molecule has 0 radical (unpaired) electrons. The van der Waals surface area contributed by atoms with Crippen LogP contribution in [0.4, 0.5) is 4.79 Å². The third kappa shape index (κ3) is 8.15. The van der Waals surface area contributed by atoms with Crippen molar-refractivity contribution < 1.29 is 14.3 Å². The fourth-order valence-electron chi connectivity index (χ4n) is 8.19. The number of pyridine rings is 1. The Morgan fingerprint density at radius 3 is 2.59 bits per heavy atom. The van der Waals surface area contributed by atoms with E-state index in [2.05, 4.69) is 51.7 Å². The summed E-state index contributed by atoms with van der Waals surface area (Å²) in [4.78, 5) is 44.6. The lowest BCUT2D eigenvalue weighted by molar-refractivity contribution is -0.140. The Morgan fingerprint density at radius 2 is 1.76 bits per heavy atom. The van der Waals surface area contributed by atoms with Gasteiger partial charge in [0.15, 0.2) is 0 Å². The van der Waals surface area contributed by atoms with E-state index in [0.717, 1.165) is 80.6 Å². The summed E-state index contributed by atoms with van der Waals surface area (Å²) >= 11 is 6.52. The van der Waals surface area contributed by atoms with Gasteiger partial charge in [0.25, 0.3) is 0 Å². The molecule has 1 aliphatic heterocycles. The smallest absolute Gasteiger partial charge is 0.410 e. The monoisotopic (exact) mass is 708 g/mol. The molecule has 3 aliphatic rings. The molecule has 1 saturated carbocycles. The van der Waals surface area contributed by atoms with Gasteiger partial charge in [-0.3, -0.25) is 19.6 Å². The molecule has 2 aromatic heterocycles. The predicted molar refractivity (Wildman–Crippen MR) is 198 cm³/mol. The number of aromatic nitrogens is 3. The first-order chi connectivity index (χ1) is 25.0. The number of halogens is 1. The molecule has 0 bridgehead atoms. The van der Waals surface area contributed by atoms with E-state index in [-0.39, 0.29) is 24.1 Å². The molecule has 0 spiro atoms. The third-order valence-electron chi connectivity index (χ3n) is 10.8. The van der Waals surface area contributed by atoms with Gasteiger partial charge in [-0.1, -0.05) is 67.4 Å². The Morgan fingerprint density at radius 1 is 0.941 bits per heavy atom. The van der Waals surface area contributed by atoms with Gasteiger partial charge in [-0.2, -0.15) is 0 Å². The van der Waals surface area contributed by atoms with E-state index in [1.165, 1.54) is 17.5 Å². The minimum Gasteiger partial charge on any atom is -0.446 e. The van der Waals surface area contributed by atoms with Crippen LogP contribution >= 0.6 is 11.6 Å². The van der Waals surface area contributed by atoms with E-state index in [1.54, 1.807) is 4.90 Å². The van der Waals surface area contributed by atoms with Crippen LogP contribution in [0.25, 0.3) is 0 Å². The van der Waals surface area contributed by atoms with Gasteiger partial charge in [0.2, 0.25) is 5.91 Å². The zero-order valence-corrected chi connectivity index (χ0v) is 30.4. The number of carbonyl (C=O) groups is 2. The van der Waals surface area contributed by atoms with Crippen LogP contribution in [0.3, 0.4) is 0 Å². The quantitative estimate of drug-likeness (QED) is 0.173. The molecule has 268 valence electrons. The lowest BCUT2D eigenvalue weighted by atomic mass is 9.95. The number of fused-ring (bicyclic) bond motifs is 2. The molecule has 1 saturated heterocycles. The highest BCUT2D eigenvalue weighted by molar-refractivity contribution is 6.30. The third-order valence-corrected chi connectivity index (χ3v) is 11.1. The van der Waals surface area contributed by atoms with Crippen LogP contribution in [0, 0.1) is 0 Å². The molecular weight excluding hydrogens is 660 g/mol. The molecule has 4 aromatic rings. The first-order valence-corrected chi connectivity index (χ1v) is 19.1. The Bertz CT molecular complexity index is 1790. The van der Waals surface area contributed by atoms with Crippen LogP contribution in [-0.4, -0.2) is 79.6 Å². The molecule has 0 unspecified atom stereocenters. The fraction of sp³-hybridized carbons (Fsp3) is 0.463. The van der Waals surface area contributed by atoms with Crippen molar-refractivity contribution in [3.05, 3.63) is 118 Å². The number of amides is 2. The first kappa shape index (κ1) is 35.2. The Balaban J connectivity index is 1.21. The van der Waals surface area contributed by atoms with Gasteiger partial charge in [0.05, 0.1) is 11.7 Å². The number of carbonyl (C=O) groups excluding carboxylic acids is 2. The highest BCUT2D eigenvalue weighted by atomic mass is 35.5. The maximum absolute atomic E-state index is 15.1. The van der Waals surface area contributed by atoms with E-state index in [0.29, 0.717) is 37.7 Å². The largest absolute Gasteiger partial charge is 0.446 e. The number of rotatable bonds is 10. The summed E-state index contributed by atoms with van der Waals surface area (Å²) in [5, 5.41) is 0.716. The SMILES string of the molecule is CCc1nccn1CCCN(Cc1ccccc1)C(=O)[C@H]1CN([C@H]2c3ccc(Cl)cc3CCc3cccnc32)CCN1C(=O)OC1CCCCC1. The number of piperazine rings is 1. The van der Waals surface area contributed by atoms with Crippen molar-refractivity contribution in [2.75, 3.05) is 26.2 Å². The van der Waals surface area contributed by atoms with E-state index in [4.69, 9.17) is 21.3 Å². The summed E-state index contributed by atoms with van der Waals surface area (Å²) in [6.07, 6.45) is 13.6. The summed E-state index contributed by atoms with van der Waals surface area (Å²) in [5.74, 6) is 0.978. The molecule has 2 aromatic carbocycles. The molecular formula is C41H49ClN6O3. The Labute approximate surface area is 306 Å². The van der Waals surface area contributed by atoms with Crippen molar-refractivity contribution in [2.24, 2.45) is 0 Å². The van der Waals surface area contributed by atoms with Crippen molar-refractivity contribution >= 4 is 23.6 Å². The van der Waals surface area contributed by atoms with E-state index in [1.807, 2.05) is 53.8 Å². The molecule has 3 heterocycles. The molecule has 51 heavy (non-hydrogen) atoms. The minimum absolute atomic E-state index is 0.0586. The lowest BCUT2D eigenvalue weighted by Gasteiger charge is -2.45.